The lowest BCUT2D eigenvalue weighted by atomic mass is 9.95. The highest BCUT2D eigenvalue weighted by Crippen LogP contribution is 2.47. The Morgan fingerprint density at radius 3 is 2.77 bits per heavy atom. The normalized spacial score (nSPS) is 19.3. The van der Waals surface area contributed by atoms with Crippen molar-refractivity contribution in [3.63, 3.8) is 0 Å². The van der Waals surface area contributed by atoms with Crippen LogP contribution in [-0.4, -0.2) is 21.1 Å². The van der Waals surface area contributed by atoms with Crippen molar-refractivity contribution in [1.82, 2.24) is 9.38 Å². The van der Waals surface area contributed by atoms with Crippen molar-refractivity contribution in [2.24, 2.45) is 0 Å². The predicted octanol–water partition coefficient (Wildman–Crippen LogP) is 4.55. The Morgan fingerprint density at radius 1 is 1.27 bits per heavy atom. The number of hydrogen-bond acceptors (Lipinski definition) is 3. The molecule has 1 aliphatic carbocycles. The van der Waals surface area contributed by atoms with Crippen molar-refractivity contribution in [3.8, 4) is 5.75 Å². The van der Waals surface area contributed by atoms with Crippen molar-refractivity contribution in [1.29, 1.82) is 0 Å². The first kappa shape index (κ1) is 17.3. The van der Waals surface area contributed by atoms with Crippen LogP contribution < -0.4 is 4.74 Å². The molecule has 0 amide bonds. The third kappa shape index (κ3) is 2.75. The van der Waals surface area contributed by atoms with Gasteiger partial charge >= 0.3 is 6.61 Å². The number of aliphatic hydroxyl groups is 1. The molecule has 1 N–H and O–H groups in total. The molecule has 0 spiro atoms. The third-order valence-corrected chi connectivity index (χ3v) is 4.99. The molecule has 0 bridgehead atoms. The van der Waals surface area contributed by atoms with E-state index in [1.807, 2.05) is 0 Å². The highest BCUT2D eigenvalue weighted by molar-refractivity contribution is 9.10. The van der Waals surface area contributed by atoms with Crippen LogP contribution >= 0.6 is 15.9 Å². The number of halogens is 5. The summed E-state index contributed by atoms with van der Waals surface area (Å²) in [7, 11) is 0. The number of alkyl halides is 2. The summed E-state index contributed by atoms with van der Waals surface area (Å²) in [6.07, 6.45) is 0.667. The van der Waals surface area contributed by atoms with Crippen molar-refractivity contribution in [2.75, 3.05) is 0 Å². The number of ether oxygens (including phenoxy) is 1. The van der Waals surface area contributed by atoms with E-state index in [2.05, 4.69) is 25.7 Å². The number of rotatable bonds is 3. The highest BCUT2D eigenvalue weighted by Gasteiger charge is 2.37. The van der Waals surface area contributed by atoms with Gasteiger partial charge in [-0.3, -0.25) is 0 Å². The first-order chi connectivity index (χ1) is 12.3. The van der Waals surface area contributed by atoms with E-state index in [0.717, 1.165) is 12.1 Å². The molecule has 2 atom stereocenters. The number of pyridine rings is 1. The Morgan fingerprint density at radius 2 is 2.04 bits per heavy atom. The summed E-state index contributed by atoms with van der Waals surface area (Å²) in [5, 5.41) is 10.3. The van der Waals surface area contributed by atoms with E-state index in [-0.39, 0.29) is 22.3 Å². The zero-order chi connectivity index (χ0) is 18.6. The molecular formula is C17H11BrF4N2O2. The Bertz CT molecular complexity index is 1010. The molecule has 1 aromatic carbocycles. The molecule has 0 aliphatic heterocycles. The van der Waals surface area contributed by atoms with E-state index in [1.54, 1.807) is 4.40 Å². The molecular weight excluding hydrogens is 420 g/mol. The lowest BCUT2D eigenvalue weighted by Crippen LogP contribution is -2.09. The fourth-order valence-electron chi connectivity index (χ4n) is 3.38. The molecule has 4 rings (SSSR count). The van der Waals surface area contributed by atoms with Crippen LogP contribution in [0.15, 0.2) is 34.9 Å². The molecule has 3 aromatic rings. The van der Waals surface area contributed by atoms with Crippen molar-refractivity contribution in [2.45, 2.75) is 25.1 Å². The quantitative estimate of drug-likeness (QED) is 0.620. The molecule has 4 nitrogen and oxygen atoms in total. The lowest BCUT2D eigenvalue weighted by Gasteiger charge is -2.17. The van der Waals surface area contributed by atoms with Crippen LogP contribution in [0.3, 0.4) is 0 Å². The molecule has 2 unspecified atom stereocenters. The van der Waals surface area contributed by atoms with Gasteiger partial charge in [-0.05, 0) is 28.4 Å². The van der Waals surface area contributed by atoms with Crippen molar-refractivity contribution in [3.05, 3.63) is 63.5 Å². The minimum Gasteiger partial charge on any atom is -0.434 e. The Labute approximate surface area is 153 Å². The minimum absolute atomic E-state index is 0.167. The SMILES string of the molecule is OC1CC(c2ccc(F)cc2OC(F)F)c2c1nc1cc(F)c(Br)cn21. The standard InChI is InChI=1S/C17H11BrF4N2O2/c18-10-6-24-14(5-11(10)20)23-15-12(25)4-9(16(15)24)8-2-1-7(19)3-13(8)26-17(21)22/h1-3,5-6,9,12,17,25H,4H2. The van der Waals surface area contributed by atoms with Crippen LogP contribution in [0.25, 0.3) is 5.65 Å². The topological polar surface area (TPSA) is 46.8 Å². The van der Waals surface area contributed by atoms with Gasteiger partial charge in [-0.1, -0.05) is 6.07 Å². The summed E-state index contributed by atoms with van der Waals surface area (Å²) < 4.78 is 59.0. The lowest BCUT2D eigenvalue weighted by molar-refractivity contribution is -0.0507. The summed E-state index contributed by atoms with van der Waals surface area (Å²) in [5.74, 6) is -2.11. The number of benzene rings is 1. The van der Waals surface area contributed by atoms with Gasteiger partial charge in [-0.2, -0.15) is 8.78 Å². The van der Waals surface area contributed by atoms with E-state index in [4.69, 9.17) is 0 Å². The molecule has 136 valence electrons. The van der Waals surface area contributed by atoms with Gasteiger partial charge in [0.1, 0.15) is 23.0 Å². The molecule has 0 radical (unpaired) electrons. The van der Waals surface area contributed by atoms with Gasteiger partial charge in [0.15, 0.2) is 0 Å². The molecule has 0 saturated carbocycles. The number of aliphatic hydroxyl groups excluding tert-OH is 1. The van der Waals surface area contributed by atoms with Crippen molar-refractivity contribution < 1.29 is 27.4 Å². The van der Waals surface area contributed by atoms with Crippen LogP contribution in [0.4, 0.5) is 17.6 Å². The molecule has 2 heterocycles. The van der Waals surface area contributed by atoms with E-state index in [1.165, 1.54) is 18.3 Å². The number of nitrogens with zero attached hydrogens (tertiary/aromatic N) is 2. The summed E-state index contributed by atoms with van der Waals surface area (Å²) in [6, 6.07) is 4.56. The number of hydrogen-bond donors (Lipinski definition) is 1. The van der Waals surface area contributed by atoms with E-state index < -0.39 is 30.3 Å². The first-order valence-corrected chi connectivity index (χ1v) is 8.43. The summed E-state index contributed by atoms with van der Waals surface area (Å²) in [5.41, 5.74) is 1.43. The van der Waals surface area contributed by atoms with Crippen LogP contribution in [0.2, 0.25) is 0 Å². The smallest absolute Gasteiger partial charge is 0.387 e. The summed E-state index contributed by atoms with van der Waals surface area (Å²) >= 11 is 3.10. The molecule has 0 fully saturated rings. The number of aromatic nitrogens is 2. The second-order valence-electron chi connectivity index (χ2n) is 5.94. The van der Waals surface area contributed by atoms with E-state index in [0.29, 0.717) is 17.0 Å². The number of imidazole rings is 1. The minimum atomic E-state index is -3.12. The maximum absolute atomic E-state index is 13.8. The molecule has 26 heavy (non-hydrogen) atoms. The van der Waals surface area contributed by atoms with Crippen molar-refractivity contribution >= 4 is 21.6 Å². The average Bonchev–Trinajstić information content (AvgIpc) is 3.06. The van der Waals surface area contributed by atoms with Gasteiger partial charge in [-0.25, -0.2) is 13.8 Å². The number of fused-ring (bicyclic) bond motifs is 3. The fourth-order valence-corrected chi connectivity index (χ4v) is 3.70. The maximum atomic E-state index is 13.8. The second kappa shape index (κ2) is 6.24. The Hall–Kier alpha value is -2.13. The van der Waals surface area contributed by atoms with Gasteiger partial charge < -0.3 is 14.2 Å². The zero-order valence-corrected chi connectivity index (χ0v) is 14.6. The molecule has 0 saturated heterocycles. The van der Waals surface area contributed by atoms with Gasteiger partial charge in [0, 0.05) is 29.8 Å². The largest absolute Gasteiger partial charge is 0.434 e. The van der Waals surface area contributed by atoms with E-state index >= 15 is 0 Å². The van der Waals surface area contributed by atoms with Crippen LogP contribution in [0.1, 0.15) is 35.4 Å². The van der Waals surface area contributed by atoms with Gasteiger partial charge in [0.2, 0.25) is 0 Å². The Balaban J connectivity index is 1.91. The van der Waals surface area contributed by atoms with Gasteiger partial charge in [0.05, 0.1) is 22.0 Å². The third-order valence-electron chi connectivity index (χ3n) is 4.40. The molecule has 9 heteroatoms. The van der Waals surface area contributed by atoms with Gasteiger partial charge in [-0.15, -0.1) is 0 Å². The van der Waals surface area contributed by atoms with Gasteiger partial charge in [0.25, 0.3) is 0 Å². The molecule has 2 aromatic heterocycles. The fraction of sp³-hybridized carbons (Fsp3) is 0.235. The van der Waals surface area contributed by atoms with E-state index in [9.17, 15) is 22.7 Å². The second-order valence-corrected chi connectivity index (χ2v) is 6.80. The first-order valence-electron chi connectivity index (χ1n) is 7.64. The van der Waals surface area contributed by atoms with Crippen LogP contribution in [0.5, 0.6) is 5.75 Å². The summed E-state index contributed by atoms with van der Waals surface area (Å²) in [6.45, 7) is -3.12. The zero-order valence-electron chi connectivity index (χ0n) is 13.0. The predicted molar refractivity (Wildman–Crippen MR) is 87.3 cm³/mol. The molecule has 1 aliphatic rings. The summed E-state index contributed by atoms with van der Waals surface area (Å²) in [4.78, 5) is 4.25. The van der Waals surface area contributed by atoms with Crippen LogP contribution in [0, 0.1) is 11.6 Å². The average molecular weight is 431 g/mol. The Kier molecular flexibility index (Phi) is 4.15. The highest BCUT2D eigenvalue weighted by atomic mass is 79.9. The monoisotopic (exact) mass is 430 g/mol. The van der Waals surface area contributed by atoms with Crippen LogP contribution in [-0.2, 0) is 0 Å². The maximum Gasteiger partial charge on any atom is 0.387 e.